The van der Waals surface area contributed by atoms with E-state index in [0.717, 1.165) is 5.56 Å². The predicted molar refractivity (Wildman–Crippen MR) is 78.3 cm³/mol. The van der Waals surface area contributed by atoms with Gasteiger partial charge < -0.3 is 24.7 Å². The number of rotatable bonds is 6. The number of aromatic nitrogens is 1. The van der Waals surface area contributed by atoms with Crippen LogP contribution in [0, 0.1) is 0 Å². The van der Waals surface area contributed by atoms with Gasteiger partial charge in [-0.25, -0.2) is 0 Å². The van der Waals surface area contributed by atoms with Crippen LogP contribution in [-0.4, -0.2) is 26.3 Å². The van der Waals surface area contributed by atoms with E-state index in [1.165, 1.54) is 0 Å². The molecule has 2 rings (SSSR count). The Kier molecular flexibility index (Phi) is 4.84. The Bertz CT molecular complexity index is 591. The number of nitrogens with zero attached hydrogens (tertiary/aromatic N) is 1. The minimum absolute atomic E-state index is 0.363. The normalized spacial score (nSPS) is 10.1. The molecule has 1 aromatic carbocycles. The molecule has 2 N–H and O–H groups in total. The van der Waals surface area contributed by atoms with E-state index >= 15 is 0 Å². The van der Waals surface area contributed by atoms with Crippen molar-refractivity contribution in [1.29, 1.82) is 0 Å². The average molecular weight is 290 g/mol. The Morgan fingerprint density at radius 3 is 2.19 bits per heavy atom. The molecule has 0 aliphatic heterocycles. The van der Waals surface area contributed by atoms with E-state index < -0.39 is 0 Å². The fraction of sp³-hybridized carbons (Fsp3) is 0.267. The molecule has 0 aliphatic carbocycles. The van der Waals surface area contributed by atoms with Crippen molar-refractivity contribution >= 4 is 0 Å². The summed E-state index contributed by atoms with van der Waals surface area (Å²) in [5.74, 6) is 2.69. The fourth-order valence-electron chi connectivity index (χ4n) is 1.91. The first-order chi connectivity index (χ1) is 10.2. The van der Waals surface area contributed by atoms with Crippen LogP contribution >= 0.6 is 0 Å². The first-order valence-corrected chi connectivity index (χ1v) is 6.34. The number of benzene rings is 1. The summed E-state index contributed by atoms with van der Waals surface area (Å²) in [7, 11) is 4.65. The summed E-state index contributed by atoms with van der Waals surface area (Å²) >= 11 is 0. The Hall–Kier alpha value is -2.47. The molecule has 6 nitrogen and oxygen atoms in total. The Balaban J connectivity index is 2.40. The second-order valence-electron chi connectivity index (χ2n) is 4.15. The van der Waals surface area contributed by atoms with E-state index in [0.29, 0.717) is 35.3 Å². The lowest BCUT2D eigenvalue weighted by Crippen LogP contribution is -2.00. The van der Waals surface area contributed by atoms with Gasteiger partial charge in [-0.2, -0.15) is 0 Å². The lowest BCUT2D eigenvalue weighted by atomic mass is 10.2. The van der Waals surface area contributed by atoms with E-state index in [9.17, 15) is 0 Å². The standard InChI is InChI=1S/C15H18N2O4/c1-18-12-6-11(7-13(19-2)15(12)20-3)21-14-9-17-5-4-10(14)8-16/h4-7,9H,8,16H2,1-3H3. The maximum Gasteiger partial charge on any atom is 0.203 e. The van der Waals surface area contributed by atoms with Crippen LogP contribution in [0.3, 0.4) is 0 Å². The molecule has 0 atom stereocenters. The second-order valence-corrected chi connectivity index (χ2v) is 4.15. The number of methoxy groups -OCH3 is 3. The number of nitrogens with two attached hydrogens (primary N) is 1. The van der Waals surface area contributed by atoms with Crippen LogP contribution in [-0.2, 0) is 6.54 Å². The summed E-state index contributed by atoms with van der Waals surface area (Å²) in [5.41, 5.74) is 6.54. The van der Waals surface area contributed by atoms with Gasteiger partial charge >= 0.3 is 0 Å². The van der Waals surface area contributed by atoms with Gasteiger partial charge in [0, 0.05) is 30.4 Å². The smallest absolute Gasteiger partial charge is 0.203 e. The zero-order valence-corrected chi connectivity index (χ0v) is 12.3. The van der Waals surface area contributed by atoms with Crippen molar-refractivity contribution in [2.24, 2.45) is 5.73 Å². The Morgan fingerprint density at radius 2 is 1.67 bits per heavy atom. The first-order valence-electron chi connectivity index (χ1n) is 6.34. The van der Waals surface area contributed by atoms with E-state index in [1.54, 1.807) is 45.9 Å². The number of pyridine rings is 1. The molecular weight excluding hydrogens is 272 g/mol. The second kappa shape index (κ2) is 6.81. The number of ether oxygens (including phenoxy) is 4. The summed E-state index contributed by atoms with van der Waals surface area (Å²) < 4.78 is 21.7. The molecule has 1 aromatic heterocycles. The van der Waals surface area contributed by atoms with Crippen molar-refractivity contribution in [3.63, 3.8) is 0 Å². The van der Waals surface area contributed by atoms with Gasteiger partial charge in [0.2, 0.25) is 5.75 Å². The molecule has 1 heterocycles. The van der Waals surface area contributed by atoms with Crippen molar-refractivity contribution in [2.45, 2.75) is 6.54 Å². The lowest BCUT2D eigenvalue weighted by molar-refractivity contribution is 0.321. The molecule has 0 fully saturated rings. The van der Waals surface area contributed by atoms with Crippen molar-refractivity contribution in [3.8, 4) is 28.7 Å². The Morgan fingerprint density at radius 1 is 1.00 bits per heavy atom. The Labute approximate surface area is 123 Å². The molecule has 0 amide bonds. The molecule has 2 aromatic rings. The average Bonchev–Trinajstić information content (AvgIpc) is 2.54. The SMILES string of the molecule is COc1cc(Oc2cnccc2CN)cc(OC)c1OC. The van der Waals surface area contributed by atoms with E-state index in [4.69, 9.17) is 24.7 Å². The number of hydrogen-bond donors (Lipinski definition) is 1. The van der Waals surface area contributed by atoms with E-state index in [2.05, 4.69) is 4.98 Å². The summed E-state index contributed by atoms with van der Waals surface area (Å²) in [5, 5.41) is 0. The summed E-state index contributed by atoms with van der Waals surface area (Å²) in [6, 6.07) is 5.25. The molecule has 0 saturated carbocycles. The van der Waals surface area contributed by atoms with Crippen molar-refractivity contribution in [3.05, 3.63) is 36.2 Å². The molecule has 0 saturated heterocycles. The summed E-state index contributed by atoms with van der Waals surface area (Å²) in [6.45, 7) is 0.363. The maximum absolute atomic E-state index is 5.83. The van der Waals surface area contributed by atoms with Crippen LogP contribution in [0.15, 0.2) is 30.6 Å². The third-order valence-electron chi connectivity index (χ3n) is 2.96. The van der Waals surface area contributed by atoms with E-state index in [-0.39, 0.29) is 0 Å². The van der Waals surface area contributed by atoms with Gasteiger partial charge in [-0.05, 0) is 6.07 Å². The topological polar surface area (TPSA) is 75.8 Å². The van der Waals surface area contributed by atoms with Gasteiger partial charge in [-0.1, -0.05) is 0 Å². The van der Waals surface area contributed by atoms with Crippen LogP contribution in [0.1, 0.15) is 5.56 Å². The van der Waals surface area contributed by atoms with Crippen LogP contribution in [0.4, 0.5) is 0 Å². The molecule has 6 heteroatoms. The lowest BCUT2D eigenvalue weighted by Gasteiger charge is -2.15. The monoisotopic (exact) mass is 290 g/mol. The van der Waals surface area contributed by atoms with Gasteiger partial charge in [0.05, 0.1) is 27.5 Å². The van der Waals surface area contributed by atoms with Crippen LogP contribution in [0.5, 0.6) is 28.7 Å². The van der Waals surface area contributed by atoms with Crippen LogP contribution in [0.25, 0.3) is 0 Å². The quantitative estimate of drug-likeness (QED) is 0.880. The highest BCUT2D eigenvalue weighted by Gasteiger charge is 2.15. The maximum atomic E-state index is 5.83. The minimum Gasteiger partial charge on any atom is -0.493 e. The zero-order chi connectivity index (χ0) is 15.2. The predicted octanol–water partition coefficient (Wildman–Crippen LogP) is 2.36. The zero-order valence-electron chi connectivity index (χ0n) is 12.3. The van der Waals surface area contributed by atoms with Crippen molar-refractivity contribution in [2.75, 3.05) is 21.3 Å². The van der Waals surface area contributed by atoms with Gasteiger partial charge in [-0.15, -0.1) is 0 Å². The van der Waals surface area contributed by atoms with Crippen molar-refractivity contribution < 1.29 is 18.9 Å². The third kappa shape index (κ3) is 3.17. The van der Waals surface area contributed by atoms with E-state index in [1.807, 2.05) is 6.07 Å². The largest absolute Gasteiger partial charge is 0.493 e. The molecule has 21 heavy (non-hydrogen) atoms. The van der Waals surface area contributed by atoms with Gasteiger partial charge in [0.25, 0.3) is 0 Å². The molecule has 0 radical (unpaired) electrons. The molecule has 0 aliphatic rings. The molecule has 112 valence electrons. The highest BCUT2D eigenvalue weighted by atomic mass is 16.5. The third-order valence-corrected chi connectivity index (χ3v) is 2.96. The molecular formula is C15H18N2O4. The first kappa shape index (κ1) is 14.9. The van der Waals surface area contributed by atoms with Crippen molar-refractivity contribution in [1.82, 2.24) is 4.98 Å². The van der Waals surface area contributed by atoms with Crippen LogP contribution in [0.2, 0.25) is 0 Å². The number of hydrogen-bond acceptors (Lipinski definition) is 6. The fourth-order valence-corrected chi connectivity index (χ4v) is 1.91. The van der Waals surface area contributed by atoms with Crippen LogP contribution < -0.4 is 24.7 Å². The molecule has 0 spiro atoms. The highest BCUT2D eigenvalue weighted by molar-refractivity contribution is 5.56. The van der Waals surface area contributed by atoms with Gasteiger partial charge in [-0.3, -0.25) is 4.98 Å². The summed E-state index contributed by atoms with van der Waals surface area (Å²) in [6.07, 6.45) is 3.29. The summed E-state index contributed by atoms with van der Waals surface area (Å²) in [4.78, 5) is 4.04. The molecule has 0 bridgehead atoms. The van der Waals surface area contributed by atoms with Gasteiger partial charge in [0.15, 0.2) is 11.5 Å². The van der Waals surface area contributed by atoms with Gasteiger partial charge in [0.1, 0.15) is 11.5 Å². The highest BCUT2D eigenvalue weighted by Crippen LogP contribution is 2.42. The minimum atomic E-state index is 0.363. The molecule has 0 unspecified atom stereocenters.